The van der Waals surface area contributed by atoms with Gasteiger partial charge in [-0.1, -0.05) is 0 Å². The van der Waals surface area contributed by atoms with Crippen molar-refractivity contribution in [2.24, 2.45) is 5.73 Å². The number of aromatic amines is 1. The van der Waals surface area contributed by atoms with Crippen molar-refractivity contribution >= 4 is 5.91 Å². The van der Waals surface area contributed by atoms with Gasteiger partial charge in [0.25, 0.3) is 5.91 Å². The SMILES string of the molecule is CCN(CCCN)C(=O)c1cn[nH]c1C. The van der Waals surface area contributed by atoms with Crippen LogP contribution < -0.4 is 5.73 Å². The number of H-pyrrole nitrogens is 1. The summed E-state index contributed by atoms with van der Waals surface area (Å²) in [6.45, 7) is 5.81. The molecule has 0 unspecified atom stereocenters. The summed E-state index contributed by atoms with van der Waals surface area (Å²) in [5, 5.41) is 6.60. The molecule has 84 valence electrons. The first-order valence-corrected chi connectivity index (χ1v) is 5.20. The maximum absolute atomic E-state index is 12.0. The number of nitrogens with one attached hydrogen (secondary N) is 1. The van der Waals surface area contributed by atoms with E-state index in [1.165, 1.54) is 0 Å². The van der Waals surface area contributed by atoms with Crippen LogP contribution in [-0.4, -0.2) is 40.6 Å². The van der Waals surface area contributed by atoms with E-state index < -0.39 is 0 Å². The number of amides is 1. The average Bonchev–Trinajstić information content (AvgIpc) is 2.65. The topological polar surface area (TPSA) is 75.0 Å². The second kappa shape index (κ2) is 5.50. The number of aromatic nitrogens is 2. The molecule has 0 fully saturated rings. The molecule has 0 aliphatic carbocycles. The highest BCUT2D eigenvalue weighted by molar-refractivity contribution is 5.94. The van der Waals surface area contributed by atoms with Gasteiger partial charge in [-0.05, 0) is 26.8 Å². The van der Waals surface area contributed by atoms with Crippen molar-refractivity contribution in [3.63, 3.8) is 0 Å². The molecule has 0 bridgehead atoms. The maximum Gasteiger partial charge on any atom is 0.257 e. The molecule has 1 aromatic heterocycles. The van der Waals surface area contributed by atoms with Gasteiger partial charge in [-0.25, -0.2) is 0 Å². The Morgan fingerprint density at radius 3 is 2.87 bits per heavy atom. The quantitative estimate of drug-likeness (QED) is 0.744. The summed E-state index contributed by atoms with van der Waals surface area (Å²) in [6, 6.07) is 0. The highest BCUT2D eigenvalue weighted by atomic mass is 16.2. The lowest BCUT2D eigenvalue weighted by Crippen LogP contribution is -2.32. The number of nitrogens with zero attached hydrogens (tertiary/aromatic N) is 2. The molecule has 3 N–H and O–H groups in total. The van der Waals surface area contributed by atoms with E-state index in [1.54, 1.807) is 11.1 Å². The normalized spacial score (nSPS) is 10.3. The second-order valence-corrected chi connectivity index (χ2v) is 3.44. The molecule has 0 spiro atoms. The summed E-state index contributed by atoms with van der Waals surface area (Å²) < 4.78 is 0. The van der Waals surface area contributed by atoms with E-state index in [9.17, 15) is 4.79 Å². The summed E-state index contributed by atoms with van der Waals surface area (Å²) in [5.74, 6) is 0.0252. The first kappa shape index (κ1) is 11.7. The minimum Gasteiger partial charge on any atom is -0.339 e. The number of aryl methyl sites for hydroxylation is 1. The van der Waals surface area contributed by atoms with Crippen LogP contribution in [-0.2, 0) is 0 Å². The van der Waals surface area contributed by atoms with Gasteiger partial charge in [0, 0.05) is 18.8 Å². The largest absolute Gasteiger partial charge is 0.339 e. The third kappa shape index (κ3) is 2.79. The Hall–Kier alpha value is -1.36. The Balaban J connectivity index is 2.69. The molecule has 0 atom stereocenters. The summed E-state index contributed by atoms with van der Waals surface area (Å²) in [4.78, 5) is 13.8. The minimum absolute atomic E-state index is 0.0252. The predicted octanol–water partition coefficient (Wildman–Crippen LogP) is 0.529. The monoisotopic (exact) mass is 210 g/mol. The van der Waals surface area contributed by atoms with Gasteiger partial charge in [-0.2, -0.15) is 5.10 Å². The summed E-state index contributed by atoms with van der Waals surface area (Å²) in [5.41, 5.74) is 6.88. The molecule has 0 aliphatic heterocycles. The van der Waals surface area contributed by atoms with Crippen molar-refractivity contribution in [3.05, 3.63) is 17.5 Å². The van der Waals surface area contributed by atoms with Crippen molar-refractivity contribution in [1.82, 2.24) is 15.1 Å². The Kier molecular flexibility index (Phi) is 4.30. The summed E-state index contributed by atoms with van der Waals surface area (Å²) >= 11 is 0. The van der Waals surface area contributed by atoms with Crippen molar-refractivity contribution in [3.8, 4) is 0 Å². The van der Waals surface area contributed by atoms with Crippen molar-refractivity contribution in [2.45, 2.75) is 20.3 Å². The van der Waals surface area contributed by atoms with Crippen LogP contribution in [0.1, 0.15) is 29.4 Å². The van der Waals surface area contributed by atoms with Crippen LogP contribution in [0.25, 0.3) is 0 Å². The maximum atomic E-state index is 12.0. The Bertz CT molecular complexity index is 321. The lowest BCUT2D eigenvalue weighted by molar-refractivity contribution is 0.0763. The van der Waals surface area contributed by atoms with Crippen LogP contribution in [0.15, 0.2) is 6.20 Å². The first-order chi connectivity index (χ1) is 7.20. The molecular formula is C10H18N4O. The van der Waals surface area contributed by atoms with Crippen molar-refractivity contribution in [2.75, 3.05) is 19.6 Å². The van der Waals surface area contributed by atoms with Gasteiger partial charge in [-0.15, -0.1) is 0 Å². The number of nitrogens with two attached hydrogens (primary N) is 1. The average molecular weight is 210 g/mol. The first-order valence-electron chi connectivity index (χ1n) is 5.20. The smallest absolute Gasteiger partial charge is 0.257 e. The Morgan fingerprint density at radius 2 is 2.40 bits per heavy atom. The molecule has 1 aromatic rings. The Morgan fingerprint density at radius 1 is 1.67 bits per heavy atom. The van der Waals surface area contributed by atoms with Crippen LogP contribution in [0, 0.1) is 6.92 Å². The number of hydrogen-bond acceptors (Lipinski definition) is 3. The number of carbonyl (C=O) groups is 1. The van der Waals surface area contributed by atoms with E-state index in [-0.39, 0.29) is 5.91 Å². The lowest BCUT2D eigenvalue weighted by atomic mass is 10.2. The fourth-order valence-corrected chi connectivity index (χ4v) is 1.42. The van der Waals surface area contributed by atoms with Crippen molar-refractivity contribution < 1.29 is 4.79 Å². The zero-order valence-corrected chi connectivity index (χ0v) is 9.29. The summed E-state index contributed by atoms with van der Waals surface area (Å²) in [7, 11) is 0. The zero-order chi connectivity index (χ0) is 11.3. The van der Waals surface area contributed by atoms with Gasteiger partial charge in [0.05, 0.1) is 11.8 Å². The van der Waals surface area contributed by atoms with E-state index in [4.69, 9.17) is 5.73 Å². The van der Waals surface area contributed by atoms with Crippen LogP contribution in [0.2, 0.25) is 0 Å². The molecule has 0 aromatic carbocycles. The molecule has 0 radical (unpaired) electrons. The molecule has 5 heteroatoms. The van der Waals surface area contributed by atoms with Gasteiger partial charge in [0.1, 0.15) is 0 Å². The van der Waals surface area contributed by atoms with E-state index in [2.05, 4.69) is 10.2 Å². The molecule has 0 saturated heterocycles. The fourth-order valence-electron chi connectivity index (χ4n) is 1.42. The van der Waals surface area contributed by atoms with Gasteiger partial charge < -0.3 is 10.6 Å². The van der Waals surface area contributed by atoms with Crippen LogP contribution in [0.5, 0.6) is 0 Å². The minimum atomic E-state index is 0.0252. The predicted molar refractivity (Wildman–Crippen MR) is 58.6 cm³/mol. The van der Waals surface area contributed by atoms with Crippen LogP contribution >= 0.6 is 0 Å². The standard InChI is InChI=1S/C10H18N4O/c1-3-14(6-4-5-11)10(15)9-7-12-13-8(9)2/h7H,3-6,11H2,1-2H3,(H,12,13). The fraction of sp³-hybridized carbons (Fsp3) is 0.600. The van der Waals surface area contributed by atoms with Gasteiger partial charge in [0.15, 0.2) is 0 Å². The molecular weight excluding hydrogens is 192 g/mol. The number of hydrogen-bond donors (Lipinski definition) is 2. The lowest BCUT2D eigenvalue weighted by Gasteiger charge is -2.20. The molecule has 0 saturated carbocycles. The van der Waals surface area contributed by atoms with E-state index >= 15 is 0 Å². The van der Waals surface area contributed by atoms with Crippen molar-refractivity contribution in [1.29, 1.82) is 0 Å². The molecule has 15 heavy (non-hydrogen) atoms. The van der Waals surface area contributed by atoms with Crippen LogP contribution in [0.4, 0.5) is 0 Å². The van der Waals surface area contributed by atoms with Gasteiger partial charge in [-0.3, -0.25) is 9.89 Å². The third-order valence-electron chi connectivity index (χ3n) is 2.36. The highest BCUT2D eigenvalue weighted by Crippen LogP contribution is 2.07. The third-order valence-corrected chi connectivity index (χ3v) is 2.36. The molecule has 1 rings (SSSR count). The Labute approximate surface area is 89.6 Å². The molecule has 0 aliphatic rings. The number of carbonyl (C=O) groups excluding carboxylic acids is 1. The van der Waals surface area contributed by atoms with E-state index in [0.29, 0.717) is 25.2 Å². The highest BCUT2D eigenvalue weighted by Gasteiger charge is 2.16. The molecule has 1 heterocycles. The molecule has 1 amide bonds. The number of rotatable bonds is 5. The molecule has 5 nitrogen and oxygen atoms in total. The van der Waals surface area contributed by atoms with E-state index in [0.717, 1.165) is 12.1 Å². The zero-order valence-electron chi connectivity index (χ0n) is 9.29. The van der Waals surface area contributed by atoms with Crippen LogP contribution in [0.3, 0.4) is 0 Å². The summed E-state index contributed by atoms with van der Waals surface area (Å²) in [6.07, 6.45) is 2.40. The van der Waals surface area contributed by atoms with Gasteiger partial charge >= 0.3 is 0 Å². The second-order valence-electron chi connectivity index (χ2n) is 3.44. The van der Waals surface area contributed by atoms with Gasteiger partial charge in [0.2, 0.25) is 0 Å². The van der Waals surface area contributed by atoms with E-state index in [1.807, 2.05) is 13.8 Å².